The Labute approximate surface area is 285 Å². The molecule has 0 bridgehead atoms. The van der Waals surface area contributed by atoms with Gasteiger partial charge in [-0.05, 0) is 37.1 Å². The summed E-state index contributed by atoms with van der Waals surface area (Å²) < 4.78 is 11.5. The van der Waals surface area contributed by atoms with Crippen molar-refractivity contribution in [2.75, 3.05) is 14.2 Å². The molecular formula is C44H68O2. The molecule has 0 saturated carbocycles. The Morgan fingerprint density at radius 3 is 0.957 bits per heavy atom. The van der Waals surface area contributed by atoms with Crippen LogP contribution in [0.25, 0.3) is 10.8 Å². The first-order chi connectivity index (χ1) is 22.8. The average Bonchev–Trinajstić information content (AvgIpc) is 3.08. The van der Waals surface area contributed by atoms with Gasteiger partial charge in [0.05, 0.1) is 25.3 Å². The third-order valence-corrected chi connectivity index (χ3v) is 9.30. The van der Waals surface area contributed by atoms with Gasteiger partial charge in [-0.15, -0.1) is 0 Å². The number of rotatable bonds is 26. The van der Waals surface area contributed by atoms with Crippen LogP contribution >= 0.6 is 0 Å². The van der Waals surface area contributed by atoms with Crippen molar-refractivity contribution in [2.24, 2.45) is 0 Å². The number of fused-ring (bicyclic) bond motifs is 1. The van der Waals surface area contributed by atoms with Gasteiger partial charge in [0.1, 0.15) is 11.5 Å². The molecule has 0 aromatic heterocycles. The van der Waals surface area contributed by atoms with Crippen LogP contribution in [0.5, 0.6) is 11.5 Å². The van der Waals surface area contributed by atoms with Crippen molar-refractivity contribution in [2.45, 2.75) is 181 Å². The molecule has 0 atom stereocenters. The first-order valence-corrected chi connectivity index (χ1v) is 19.4. The van der Waals surface area contributed by atoms with Crippen LogP contribution in [0.4, 0.5) is 0 Å². The zero-order chi connectivity index (χ0) is 32.9. The lowest BCUT2D eigenvalue weighted by atomic mass is 9.98. The maximum absolute atomic E-state index is 5.74. The van der Waals surface area contributed by atoms with Crippen molar-refractivity contribution < 1.29 is 9.47 Å². The van der Waals surface area contributed by atoms with Gasteiger partial charge < -0.3 is 9.47 Å². The average molecular weight is 629 g/mol. The molecule has 0 N–H and O–H groups in total. The summed E-state index contributed by atoms with van der Waals surface area (Å²) in [5.74, 6) is 15.5. The fourth-order valence-corrected chi connectivity index (χ4v) is 6.37. The van der Waals surface area contributed by atoms with Gasteiger partial charge >= 0.3 is 0 Å². The van der Waals surface area contributed by atoms with E-state index >= 15 is 0 Å². The smallest absolute Gasteiger partial charge is 0.135 e. The van der Waals surface area contributed by atoms with Crippen LogP contribution in [0, 0.1) is 23.7 Å². The second-order valence-corrected chi connectivity index (χ2v) is 13.3. The van der Waals surface area contributed by atoms with Gasteiger partial charge in [-0.1, -0.05) is 179 Å². The van der Waals surface area contributed by atoms with E-state index in [2.05, 4.69) is 49.7 Å². The van der Waals surface area contributed by atoms with E-state index in [1.54, 1.807) is 14.2 Å². The fraction of sp³-hybridized carbons (Fsp3) is 0.682. The highest BCUT2D eigenvalue weighted by molar-refractivity contribution is 5.96. The van der Waals surface area contributed by atoms with Crippen LogP contribution in [0.1, 0.15) is 192 Å². The Kier molecular flexibility index (Phi) is 23.7. The molecule has 0 radical (unpaired) electrons. The topological polar surface area (TPSA) is 18.5 Å². The highest BCUT2D eigenvalue weighted by atomic mass is 16.5. The third-order valence-electron chi connectivity index (χ3n) is 9.30. The number of ether oxygens (including phenoxy) is 2. The molecule has 2 aromatic rings. The Balaban J connectivity index is 1.80. The minimum Gasteiger partial charge on any atom is -0.495 e. The molecule has 0 aliphatic heterocycles. The maximum atomic E-state index is 5.74. The van der Waals surface area contributed by atoms with Crippen LogP contribution in [0.2, 0.25) is 0 Å². The zero-order valence-corrected chi connectivity index (χ0v) is 30.5. The molecule has 0 aliphatic carbocycles. The van der Waals surface area contributed by atoms with Gasteiger partial charge in [0.25, 0.3) is 0 Å². The summed E-state index contributed by atoms with van der Waals surface area (Å²) >= 11 is 0. The Morgan fingerprint density at radius 1 is 0.391 bits per heavy atom. The quantitative estimate of drug-likeness (QED) is 0.0762. The van der Waals surface area contributed by atoms with Crippen LogP contribution in [0.3, 0.4) is 0 Å². The Hall–Kier alpha value is -2.58. The predicted molar refractivity (Wildman–Crippen MR) is 202 cm³/mol. The highest BCUT2D eigenvalue weighted by Gasteiger charge is 2.12. The summed E-state index contributed by atoms with van der Waals surface area (Å²) in [6.07, 6.45) is 34.6. The minimum absolute atomic E-state index is 0.829. The maximum Gasteiger partial charge on any atom is 0.135 e. The van der Waals surface area contributed by atoms with Crippen molar-refractivity contribution in [3.05, 3.63) is 35.4 Å². The molecule has 0 aliphatic rings. The van der Waals surface area contributed by atoms with Crippen LogP contribution in [0.15, 0.2) is 24.3 Å². The lowest BCUT2D eigenvalue weighted by Gasteiger charge is -2.11. The van der Waals surface area contributed by atoms with E-state index in [0.29, 0.717) is 0 Å². The van der Waals surface area contributed by atoms with Crippen LogP contribution in [-0.4, -0.2) is 14.2 Å². The molecule has 2 heteroatoms. The molecule has 2 rings (SSSR count). The molecule has 0 fully saturated rings. The normalized spacial score (nSPS) is 10.8. The van der Waals surface area contributed by atoms with Gasteiger partial charge in [0.2, 0.25) is 0 Å². The molecule has 2 nitrogen and oxygen atoms in total. The molecule has 0 heterocycles. The number of unbranched alkanes of at least 4 members (excludes halogenated alkanes) is 24. The van der Waals surface area contributed by atoms with E-state index in [1.165, 1.54) is 154 Å². The van der Waals surface area contributed by atoms with Crippen molar-refractivity contribution in [1.82, 2.24) is 0 Å². The Bertz CT molecular complexity index is 1080. The lowest BCUT2D eigenvalue weighted by molar-refractivity contribution is 0.413. The van der Waals surface area contributed by atoms with Crippen LogP contribution < -0.4 is 9.47 Å². The summed E-state index contributed by atoms with van der Waals surface area (Å²) in [5.41, 5.74) is 1.93. The van der Waals surface area contributed by atoms with Crippen molar-refractivity contribution in [3.63, 3.8) is 0 Å². The van der Waals surface area contributed by atoms with E-state index in [4.69, 9.17) is 9.47 Å². The molecule has 0 amide bonds. The number of hydrogen-bond acceptors (Lipinski definition) is 2. The van der Waals surface area contributed by atoms with Crippen molar-refractivity contribution in [3.8, 4) is 35.2 Å². The van der Waals surface area contributed by atoms with E-state index in [-0.39, 0.29) is 0 Å². The van der Waals surface area contributed by atoms with E-state index in [0.717, 1.165) is 46.2 Å². The molecule has 46 heavy (non-hydrogen) atoms. The first-order valence-electron chi connectivity index (χ1n) is 19.4. The second kappa shape index (κ2) is 27.5. The third kappa shape index (κ3) is 16.8. The van der Waals surface area contributed by atoms with Gasteiger partial charge in [-0.3, -0.25) is 0 Å². The first kappa shape index (κ1) is 39.6. The molecule has 256 valence electrons. The van der Waals surface area contributed by atoms with Gasteiger partial charge in [-0.25, -0.2) is 0 Å². The van der Waals surface area contributed by atoms with E-state index < -0.39 is 0 Å². The predicted octanol–water partition coefficient (Wildman–Crippen LogP) is 13.7. The summed E-state index contributed by atoms with van der Waals surface area (Å²) in [5, 5.41) is 2.19. The number of benzene rings is 2. The number of methoxy groups -OCH3 is 2. The van der Waals surface area contributed by atoms with Gasteiger partial charge in [-0.2, -0.15) is 0 Å². The van der Waals surface area contributed by atoms with Gasteiger partial charge in [0, 0.05) is 23.6 Å². The van der Waals surface area contributed by atoms with E-state index in [9.17, 15) is 0 Å². The highest BCUT2D eigenvalue weighted by Crippen LogP contribution is 2.33. The van der Waals surface area contributed by atoms with Gasteiger partial charge in [0.15, 0.2) is 0 Å². The monoisotopic (exact) mass is 629 g/mol. The zero-order valence-electron chi connectivity index (χ0n) is 30.5. The lowest BCUT2D eigenvalue weighted by Crippen LogP contribution is -1.94. The number of hydrogen-bond donors (Lipinski definition) is 0. The SMILES string of the molecule is CCCCCCCCCCCCCCC#Cc1c(OC)ccc2c(C#CCCCCCCCCCCCCCC)c(OC)ccc12. The summed E-state index contributed by atoms with van der Waals surface area (Å²) in [4.78, 5) is 0. The fourth-order valence-electron chi connectivity index (χ4n) is 6.37. The Morgan fingerprint density at radius 2 is 0.674 bits per heavy atom. The summed E-state index contributed by atoms with van der Waals surface area (Å²) in [6.45, 7) is 4.58. The van der Waals surface area contributed by atoms with E-state index in [1.807, 2.05) is 12.1 Å². The molecule has 0 spiro atoms. The summed E-state index contributed by atoms with van der Waals surface area (Å²) in [7, 11) is 3.47. The van der Waals surface area contributed by atoms with Crippen LogP contribution in [-0.2, 0) is 0 Å². The van der Waals surface area contributed by atoms with Crippen molar-refractivity contribution in [1.29, 1.82) is 0 Å². The second-order valence-electron chi connectivity index (χ2n) is 13.3. The standard InChI is InChI=1S/C44H68O2/c1-5-7-9-11-13-15-17-19-21-23-25-27-29-31-33-41-39-35-38-44(46-4)42(40(39)36-37-43(41)45-3)34-32-30-28-26-24-22-20-18-16-14-12-10-8-6-2/h35-38H,5-30H2,1-4H3. The largest absolute Gasteiger partial charge is 0.495 e. The molecule has 0 saturated heterocycles. The summed E-state index contributed by atoms with van der Waals surface area (Å²) in [6, 6.07) is 8.29. The molecule has 2 aromatic carbocycles. The molecule has 0 unspecified atom stereocenters. The molecular weight excluding hydrogens is 560 g/mol. The minimum atomic E-state index is 0.829. The van der Waals surface area contributed by atoms with Crippen molar-refractivity contribution >= 4 is 10.8 Å².